The maximum atomic E-state index is 9.61. The van der Waals surface area contributed by atoms with E-state index in [-0.39, 0.29) is 12.6 Å². The van der Waals surface area contributed by atoms with Crippen LogP contribution >= 0.6 is 0 Å². The molecular weight excluding hydrogens is 206 g/mol. The van der Waals surface area contributed by atoms with Crippen molar-refractivity contribution in [2.45, 2.75) is 45.8 Å². The smallest absolute Gasteiger partial charge is 0.0897 e. The van der Waals surface area contributed by atoms with Crippen LogP contribution in [0.2, 0.25) is 0 Å². The van der Waals surface area contributed by atoms with Gasteiger partial charge in [-0.1, -0.05) is 27.2 Å². The van der Waals surface area contributed by atoms with Crippen molar-refractivity contribution >= 4 is 0 Å². The fourth-order valence-corrected chi connectivity index (χ4v) is 1.32. The first-order chi connectivity index (χ1) is 7.61. The number of nitrogens with one attached hydrogen (secondary N) is 1. The normalized spacial score (nSPS) is 15.4. The van der Waals surface area contributed by atoms with Crippen LogP contribution in [0.15, 0.2) is 0 Å². The molecule has 0 fully saturated rings. The van der Waals surface area contributed by atoms with Crippen molar-refractivity contribution in [1.82, 2.24) is 5.32 Å². The molecule has 2 unspecified atom stereocenters. The van der Waals surface area contributed by atoms with Gasteiger partial charge in [0.1, 0.15) is 0 Å². The fraction of sp³-hybridized carbons (Fsp3) is 1.00. The predicted molar refractivity (Wildman–Crippen MR) is 65.4 cm³/mol. The molecule has 4 nitrogen and oxygen atoms in total. The van der Waals surface area contributed by atoms with Gasteiger partial charge in [-0.25, -0.2) is 0 Å². The van der Waals surface area contributed by atoms with Gasteiger partial charge in [0.05, 0.1) is 19.3 Å². The second-order valence-electron chi connectivity index (χ2n) is 4.52. The van der Waals surface area contributed by atoms with Crippen molar-refractivity contribution in [3.05, 3.63) is 0 Å². The molecule has 0 aromatic carbocycles. The molecule has 16 heavy (non-hydrogen) atoms. The molecule has 0 saturated heterocycles. The standard InChI is InChI=1S/C12H27NO3/c1-4-5-6-16-9-11(15)7-13-12(8-14)10(2)3/h10-15H,4-9H2,1-3H3. The number of rotatable bonds is 10. The number of aliphatic hydroxyl groups excluding tert-OH is 2. The molecule has 0 aromatic rings. The first-order valence-corrected chi connectivity index (χ1v) is 6.21. The molecule has 0 aromatic heterocycles. The van der Waals surface area contributed by atoms with E-state index in [2.05, 4.69) is 12.2 Å². The molecule has 0 aliphatic rings. The van der Waals surface area contributed by atoms with Crippen molar-refractivity contribution in [1.29, 1.82) is 0 Å². The van der Waals surface area contributed by atoms with Crippen LogP contribution in [0.4, 0.5) is 0 Å². The van der Waals surface area contributed by atoms with Gasteiger partial charge in [-0.2, -0.15) is 0 Å². The Balaban J connectivity index is 3.51. The second kappa shape index (κ2) is 10.0. The van der Waals surface area contributed by atoms with Crippen molar-refractivity contribution in [3.8, 4) is 0 Å². The van der Waals surface area contributed by atoms with Gasteiger partial charge in [-0.15, -0.1) is 0 Å². The average Bonchev–Trinajstić information content (AvgIpc) is 2.25. The van der Waals surface area contributed by atoms with Crippen LogP contribution in [0.3, 0.4) is 0 Å². The van der Waals surface area contributed by atoms with Crippen LogP contribution in [0.25, 0.3) is 0 Å². The van der Waals surface area contributed by atoms with Gasteiger partial charge in [0, 0.05) is 19.2 Å². The molecule has 4 heteroatoms. The molecule has 0 aliphatic heterocycles. The van der Waals surface area contributed by atoms with Gasteiger partial charge in [0.25, 0.3) is 0 Å². The molecule has 98 valence electrons. The highest BCUT2D eigenvalue weighted by Gasteiger charge is 2.13. The largest absolute Gasteiger partial charge is 0.395 e. The minimum absolute atomic E-state index is 0.0466. The van der Waals surface area contributed by atoms with Crippen LogP contribution in [0.1, 0.15) is 33.6 Å². The van der Waals surface area contributed by atoms with Crippen molar-refractivity contribution in [3.63, 3.8) is 0 Å². The summed E-state index contributed by atoms with van der Waals surface area (Å²) in [5.41, 5.74) is 0. The summed E-state index contributed by atoms with van der Waals surface area (Å²) < 4.78 is 5.31. The average molecular weight is 233 g/mol. The summed E-state index contributed by atoms with van der Waals surface area (Å²) in [6, 6.07) is 0.0466. The Morgan fingerprint density at radius 2 is 2.00 bits per heavy atom. The van der Waals surface area contributed by atoms with Gasteiger partial charge in [-0.05, 0) is 12.3 Å². The molecule has 0 amide bonds. The number of aliphatic hydroxyl groups is 2. The zero-order valence-corrected chi connectivity index (χ0v) is 10.8. The Labute approximate surface area is 99.0 Å². The number of hydrogen-bond donors (Lipinski definition) is 3. The first-order valence-electron chi connectivity index (χ1n) is 6.21. The van der Waals surface area contributed by atoms with E-state index in [9.17, 15) is 5.11 Å². The Hall–Kier alpha value is -0.160. The summed E-state index contributed by atoms with van der Waals surface area (Å²) in [6.45, 7) is 7.83. The molecular formula is C12H27NO3. The van der Waals surface area contributed by atoms with E-state index in [0.29, 0.717) is 25.7 Å². The van der Waals surface area contributed by atoms with E-state index in [0.717, 1.165) is 12.8 Å². The van der Waals surface area contributed by atoms with E-state index >= 15 is 0 Å². The van der Waals surface area contributed by atoms with Gasteiger partial charge in [0.2, 0.25) is 0 Å². The molecule has 0 rings (SSSR count). The molecule has 2 atom stereocenters. The van der Waals surface area contributed by atoms with Gasteiger partial charge in [-0.3, -0.25) is 0 Å². The fourth-order valence-electron chi connectivity index (χ4n) is 1.32. The molecule has 0 aliphatic carbocycles. The lowest BCUT2D eigenvalue weighted by Crippen LogP contribution is -2.42. The summed E-state index contributed by atoms with van der Waals surface area (Å²) in [7, 11) is 0. The summed E-state index contributed by atoms with van der Waals surface area (Å²) in [6.07, 6.45) is 1.64. The minimum atomic E-state index is -0.496. The molecule has 3 N–H and O–H groups in total. The SMILES string of the molecule is CCCCOCC(O)CNC(CO)C(C)C. The monoisotopic (exact) mass is 233 g/mol. The molecule has 0 saturated carbocycles. The van der Waals surface area contributed by atoms with Crippen molar-refractivity contribution < 1.29 is 14.9 Å². The van der Waals surface area contributed by atoms with Crippen LogP contribution in [0, 0.1) is 5.92 Å². The van der Waals surface area contributed by atoms with Gasteiger partial charge < -0.3 is 20.3 Å². The van der Waals surface area contributed by atoms with E-state index in [4.69, 9.17) is 9.84 Å². The van der Waals surface area contributed by atoms with Crippen LogP contribution in [0.5, 0.6) is 0 Å². The van der Waals surface area contributed by atoms with Crippen LogP contribution in [-0.2, 0) is 4.74 Å². The van der Waals surface area contributed by atoms with Gasteiger partial charge >= 0.3 is 0 Å². The highest BCUT2D eigenvalue weighted by molar-refractivity contribution is 4.71. The summed E-state index contributed by atoms with van der Waals surface area (Å²) in [5, 5.41) is 21.8. The zero-order chi connectivity index (χ0) is 12.4. The van der Waals surface area contributed by atoms with Crippen molar-refractivity contribution in [2.24, 2.45) is 5.92 Å². The van der Waals surface area contributed by atoms with E-state index < -0.39 is 6.10 Å². The van der Waals surface area contributed by atoms with Gasteiger partial charge in [0.15, 0.2) is 0 Å². The Kier molecular flexibility index (Phi) is 9.92. The molecule has 0 heterocycles. The lowest BCUT2D eigenvalue weighted by Gasteiger charge is -2.21. The third-order valence-corrected chi connectivity index (χ3v) is 2.57. The lowest BCUT2D eigenvalue weighted by atomic mass is 10.1. The third-order valence-electron chi connectivity index (χ3n) is 2.57. The Bertz CT molecular complexity index is 153. The maximum absolute atomic E-state index is 9.61. The molecule has 0 radical (unpaired) electrons. The van der Waals surface area contributed by atoms with E-state index in [1.54, 1.807) is 0 Å². The highest BCUT2D eigenvalue weighted by Crippen LogP contribution is 2.00. The summed E-state index contributed by atoms with van der Waals surface area (Å²) >= 11 is 0. The maximum Gasteiger partial charge on any atom is 0.0897 e. The van der Waals surface area contributed by atoms with E-state index in [1.165, 1.54) is 0 Å². The second-order valence-corrected chi connectivity index (χ2v) is 4.52. The number of ether oxygens (including phenoxy) is 1. The number of unbranched alkanes of at least 4 members (excludes halogenated alkanes) is 1. The summed E-state index contributed by atoms with van der Waals surface area (Å²) in [4.78, 5) is 0. The zero-order valence-electron chi connectivity index (χ0n) is 10.8. The minimum Gasteiger partial charge on any atom is -0.395 e. The van der Waals surface area contributed by atoms with Crippen molar-refractivity contribution in [2.75, 3.05) is 26.4 Å². The van der Waals surface area contributed by atoms with E-state index in [1.807, 2.05) is 13.8 Å². The molecule has 0 bridgehead atoms. The number of hydrogen-bond acceptors (Lipinski definition) is 4. The van der Waals surface area contributed by atoms with Crippen LogP contribution in [-0.4, -0.2) is 48.7 Å². The Morgan fingerprint density at radius 3 is 2.50 bits per heavy atom. The molecule has 0 spiro atoms. The topological polar surface area (TPSA) is 61.7 Å². The lowest BCUT2D eigenvalue weighted by molar-refractivity contribution is 0.0323. The Morgan fingerprint density at radius 1 is 1.31 bits per heavy atom. The predicted octanol–water partition coefficient (Wildman–Crippen LogP) is 0.770. The highest BCUT2D eigenvalue weighted by atomic mass is 16.5. The van der Waals surface area contributed by atoms with Crippen LogP contribution < -0.4 is 5.32 Å². The summed E-state index contributed by atoms with van der Waals surface area (Å²) in [5.74, 6) is 0.359. The quantitative estimate of drug-likeness (QED) is 0.488. The first kappa shape index (κ1) is 15.8. The third kappa shape index (κ3) is 8.05.